The van der Waals surface area contributed by atoms with Crippen molar-refractivity contribution in [3.05, 3.63) is 0 Å². The van der Waals surface area contributed by atoms with Gasteiger partial charge < -0.3 is 35.3 Å². The first kappa shape index (κ1) is 33.6. The Morgan fingerprint density at radius 2 is 1.52 bits per heavy atom. The second-order valence-corrected chi connectivity index (χ2v) is 15.2. The van der Waals surface area contributed by atoms with E-state index >= 15 is 0 Å². The molecule has 0 radical (unpaired) electrons. The average molecular weight is 644 g/mol. The molecule has 0 aromatic heterocycles. The third-order valence-electron chi connectivity index (χ3n) is 12.0. The molecule has 46 heavy (non-hydrogen) atoms. The number of nitrogens with one attached hydrogen (secondary N) is 2. The molecule has 7 aliphatic rings. The van der Waals surface area contributed by atoms with E-state index in [-0.39, 0.29) is 60.0 Å². The van der Waals surface area contributed by atoms with Crippen LogP contribution in [0.1, 0.15) is 77.6 Å². The Balaban J connectivity index is 1.17. The number of rotatable bonds is 4. The van der Waals surface area contributed by atoms with Gasteiger partial charge in [-0.25, -0.2) is 0 Å². The van der Waals surface area contributed by atoms with Crippen LogP contribution in [-0.4, -0.2) is 155 Å². The van der Waals surface area contributed by atoms with Crippen LogP contribution >= 0.6 is 0 Å². The van der Waals surface area contributed by atoms with Crippen molar-refractivity contribution in [2.75, 3.05) is 66.0 Å². The van der Waals surface area contributed by atoms with Gasteiger partial charge in [-0.1, -0.05) is 0 Å². The number of nitrogens with zero attached hydrogens (tertiary/aromatic N) is 5. The number of aliphatic hydroxyl groups excluding tert-OH is 1. The number of amides is 4. The minimum atomic E-state index is -1.01. The highest BCUT2D eigenvalue weighted by atomic mass is 16.3. The predicted molar refractivity (Wildman–Crippen MR) is 174 cm³/mol. The molecule has 258 valence electrons. The normalized spacial score (nSPS) is 36.2. The van der Waals surface area contributed by atoms with E-state index in [2.05, 4.69) is 27.5 Å². The summed E-state index contributed by atoms with van der Waals surface area (Å²) in [5, 5.41) is 18.0. The summed E-state index contributed by atoms with van der Waals surface area (Å²) in [6, 6.07) is -0.00892. The molecule has 0 aliphatic carbocycles. The van der Waals surface area contributed by atoms with Crippen LogP contribution in [-0.2, 0) is 19.2 Å². The van der Waals surface area contributed by atoms with Gasteiger partial charge in [-0.3, -0.25) is 24.1 Å². The lowest BCUT2D eigenvalue weighted by molar-refractivity contribution is -0.141. The van der Waals surface area contributed by atoms with E-state index in [0.29, 0.717) is 57.9 Å². The van der Waals surface area contributed by atoms with E-state index in [1.807, 2.05) is 9.80 Å². The van der Waals surface area contributed by atoms with Crippen LogP contribution < -0.4 is 10.6 Å². The molecule has 4 amide bonds. The molecule has 6 atom stereocenters. The van der Waals surface area contributed by atoms with E-state index in [1.54, 1.807) is 11.8 Å². The van der Waals surface area contributed by atoms with Crippen LogP contribution in [0, 0.1) is 11.8 Å². The van der Waals surface area contributed by atoms with Gasteiger partial charge in [-0.15, -0.1) is 0 Å². The monoisotopic (exact) mass is 643 g/mol. The zero-order chi connectivity index (χ0) is 32.4. The van der Waals surface area contributed by atoms with Crippen LogP contribution in [0.15, 0.2) is 0 Å². The van der Waals surface area contributed by atoms with E-state index in [4.69, 9.17) is 0 Å². The molecule has 0 aromatic rings. The Kier molecular flexibility index (Phi) is 10.9. The SMILES string of the molecule is C[C@@H]1NC(=O)[C@@H]2C[C@H](NC3CCN(C)CC3)CN2C2CCN(CC2)C(=O)C[C@H]2CN(CC[C@H]2CC(=O)N2CCCC2)C(=O)C[C@@H]1O. The Bertz CT molecular complexity index is 1100. The fourth-order valence-corrected chi connectivity index (χ4v) is 8.98. The molecule has 4 bridgehead atoms. The molecule has 7 aliphatic heterocycles. The van der Waals surface area contributed by atoms with Gasteiger partial charge in [0, 0.05) is 76.8 Å². The lowest BCUT2D eigenvalue weighted by Gasteiger charge is -2.41. The summed E-state index contributed by atoms with van der Waals surface area (Å²) in [6.07, 6.45) is 7.01. The fraction of sp³-hybridized carbons (Fsp3) is 0.882. The topological polar surface area (TPSA) is 129 Å². The van der Waals surface area contributed by atoms with Crippen molar-refractivity contribution in [1.29, 1.82) is 0 Å². The maximum absolute atomic E-state index is 13.8. The fourth-order valence-electron chi connectivity index (χ4n) is 8.98. The highest BCUT2D eigenvalue weighted by Gasteiger charge is 2.44. The summed E-state index contributed by atoms with van der Waals surface area (Å²) in [6.45, 7) is 8.61. The van der Waals surface area contributed by atoms with Crippen LogP contribution in [0.25, 0.3) is 0 Å². The molecule has 12 heteroatoms. The van der Waals surface area contributed by atoms with Gasteiger partial charge in [-0.05, 0) is 90.3 Å². The van der Waals surface area contributed by atoms with Crippen molar-refractivity contribution in [3.8, 4) is 0 Å². The Morgan fingerprint density at radius 3 is 2.24 bits per heavy atom. The summed E-state index contributed by atoms with van der Waals surface area (Å²) >= 11 is 0. The van der Waals surface area contributed by atoms with Gasteiger partial charge in [0.2, 0.25) is 23.6 Å². The third kappa shape index (κ3) is 7.88. The average Bonchev–Trinajstić information content (AvgIpc) is 3.74. The number of hydrogen-bond donors (Lipinski definition) is 3. The zero-order valence-corrected chi connectivity index (χ0v) is 28.1. The van der Waals surface area contributed by atoms with Crippen LogP contribution in [0.2, 0.25) is 0 Å². The third-order valence-corrected chi connectivity index (χ3v) is 12.0. The molecule has 0 spiro atoms. The van der Waals surface area contributed by atoms with Gasteiger partial charge in [0.15, 0.2) is 0 Å². The van der Waals surface area contributed by atoms with E-state index in [9.17, 15) is 24.3 Å². The number of likely N-dealkylation sites (tertiary alicyclic amines) is 2. The second kappa shape index (κ2) is 14.9. The van der Waals surface area contributed by atoms with E-state index in [1.165, 1.54) is 0 Å². The summed E-state index contributed by atoms with van der Waals surface area (Å²) in [5.41, 5.74) is 0. The van der Waals surface area contributed by atoms with Crippen molar-refractivity contribution in [2.24, 2.45) is 11.8 Å². The first-order chi connectivity index (χ1) is 22.1. The van der Waals surface area contributed by atoms with Gasteiger partial charge in [0.25, 0.3) is 0 Å². The molecule has 7 heterocycles. The number of aliphatic hydroxyl groups is 1. The summed E-state index contributed by atoms with van der Waals surface area (Å²) in [7, 11) is 2.16. The molecule has 0 aromatic carbocycles. The number of carbonyl (C=O) groups excluding carboxylic acids is 4. The number of carbonyl (C=O) groups is 4. The number of fused-ring (bicyclic) bond motifs is 8. The maximum Gasteiger partial charge on any atom is 0.237 e. The van der Waals surface area contributed by atoms with Crippen molar-refractivity contribution in [2.45, 2.75) is 114 Å². The first-order valence-corrected chi connectivity index (χ1v) is 18.2. The number of piperidine rings is 3. The van der Waals surface area contributed by atoms with E-state index < -0.39 is 12.1 Å². The van der Waals surface area contributed by atoms with Crippen molar-refractivity contribution < 1.29 is 24.3 Å². The Hall–Kier alpha value is -2.28. The van der Waals surface area contributed by atoms with Gasteiger partial charge in [0.1, 0.15) is 0 Å². The molecular formula is C34H57N7O5. The van der Waals surface area contributed by atoms with Crippen LogP contribution in [0.4, 0.5) is 0 Å². The minimum Gasteiger partial charge on any atom is -0.390 e. The molecule has 3 N–H and O–H groups in total. The van der Waals surface area contributed by atoms with Gasteiger partial charge in [0.05, 0.1) is 24.6 Å². The van der Waals surface area contributed by atoms with Crippen LogP contribution in [0.3, 0.4) is 0 Å². The van der Waals surface area contributed by atoms with Crippen molar-refractivity contribution in [1.82, 2.24) is 35.1 Å². The molecule has 7 saturated heterocycles. The zero-order valence-electron chi connectivity index (χ0n) is 28.1. The smallest absolute Gasteiger partial charge is 0.237 e. The molecular weight excluding hydrogens is 586 g/mol. The van der Waals surface area contributed by atoms with Crippen molar-refractivity contribution >= 4 is 23.6 Å². The summed E-state index contributed by atoms with van der Waals surface area (Å²) in [4.78, 5) is 64.5. The Labute approximate surface area is 274 Å². The van der Waals surface area contributed by atoms with Crippen molar-refractivity contribution in [3.63, 3.8) is 0 Å². The molecule has 7 fully saturated rings. The van der Waals surface area contributed by atoms with Gasteiger partial charge >= 0.3 is 0 Å². The highest BCUT2D eigenvalue weighted by molar-refractivity contribution is 5.83. The lowest BCUT2D eigenvalue weighted by atomic mass is 9.80. The summed E-state index contributed by atoms with van der Waals surface area (Å²) in [5.74, 6) is -0.00423. The standard InChI is InChI=1S/C34H57N7O5/c1-23-30(42)20-33(45)40-14-5-24(17-31(43)38-10-3-4-11-38)25(21-40)18-32(44)39-15-8-28(9-16-39)41-22-27(19-29(41)34(46)35-23)36-26-6-12-37(2)13-7-26/h23-30,36,42H,3-22H2,1-2H3,(H,35,46)/t23-,24-,25-,27-,29-,30-/m0/s1. The highest BCUT2D eigenvalue weighted by Crippen LogP contribution is 2.33. The molecule has 0 saturated carbocycles. The molecule has 12 nitrogen and oxygen atoms in total. The second-order valence-electron chi connectivity index (χ2n) is 15.2. The quantitative estimate of drug-likeness (QED) is 0.398. The Morgan fingerprint density at radius 1 is 0.848 bits per heavy atom. The van der Waals surface area contributed by atoms with Gasteiger partial charge in [-0.2, -0.15) is 0 Å². The maximum atomic E-state index is 13.8. The summed E-state index contributed by atoms with van der Waals surface area (Å²) < 4.78 is 0. The molecule has 0 unspecified atom stereocenters. The van der Waals surface area contributed by atoms with Crippen LogP contribution in [0.5, 0.6) is 0 Å². The number of hydrogen-bond acceptors (Lipinski definition) is 8. The minimum absolute atomic E-state index is 0.0585. The van der Waals surface area contributed by atoms with E-state index in [0.717, 1.165) is 71.2 Å². The first-order valence-electron chi connectivity index (χ1n) is 18.2. The lowest BCUT2D eigenvalue weighted by Crippen LogP contribution is -2.54. The molecule has 7 rings (SSSR count). The predicted octanol–water partition coefficient (Wildman–Crippen LogP) is 0.241. The largest absolute Gasteiger partial charge is 0.390 e.